The molecular formula is C42H13BBr3F20NO2. The van der Waals surface area contributed by atoms with Crippen molar-refractivity contribution in [2.24, 2.45) is 0 Å². The Morgan fingerprint density at radius 1 is 0.420 bits per heavy atom. The van der Waals surface area contributed by atoms with Crippen molar-refractivity contribution >= 4 is 92.5 Å². The molecule has 0 bridgehead atoms. The molecule has 6 aromatic carbocycles. The van der Waals surface area contributed by atoms with E-state index in [1.165, 1.54) is 0 Å². The van der Waals surface area contributed by atoms with Crippen LogP contribution in [0.5, 0.6) is 0 Å². The molecule has 0 spiro atoms. The first-order valence-electron chi connectivity index (χ1n) is 18.1. The molecule has 0 radical (unpaired) electrons. The minimum absolute atomic E-state index is 0.437. The lowest BCUT2D eigenvalue weighted by Crippen LogP contribution is -2.81. The van der Waals surface area contributed by atoms with Crippen molar-refractivity contribution in [1.29, 1.82) is 0 Å². The van der Waals surface area contributed by atoms with Crippen molar-refractivity contribution in [3.63, 3.8) is 0 Å². The highest BCUT2D eigenvalue weighted by molar-refractivity contribution is 9.39. The summed E-state index contributed by atoms with van der Waals surface area (Å²) in [6.45, 7) is 0.579. The molecule has 0 atom stereocenters. The van der Waals surface area contributed by atoms with Gasteiger partial charge in [0, 0.05) is 11.6 Å². The Hall–Kier alpha value is -5.70. The van der Waals surface area contributed by atoms with Crippen LogP contribution < -0.4 is 26.4 Å². The lowest BCUT2D eigenvalue weighted by molar-refractivity contribution is -0.689. The number of hydrogen-bond donors (Lipinski definition) is 0. The van der Waals surface area contributed by atoms with Gasteiger partial charge in [0.15, 0.2) is 82.5 Å². The van der Waals surface area contributed by atoms with Crippen molar-refractivity contribution in [3.05, 3.63) is 194 Å². The SMILES string of the molecule is Fc1c(F)c(F)c([B-](c2c(F)c(F)c(F)c(F)c2F)(c2c(F)c(F)c(F)c(F)c2F)c2c(F)c(F)c(F)c(F)c2F)c(F)c1F.O=C(OC(Br)(Br)Br)c1c2ccccc2cc[n+]1Cc1ccccc1. The zero-order chi connectivity index (χ0) is 51.5. The molecule has 0 saturated heterocycles. The van der Waals surface area contributed by atoms with E-state index in [0.717, 1.165) is 16.3 Å². The predicted molar refractivity (Wildman–Crippen MR) is 214 cm³/mol. The maximum absolute atomic E-state index is 15.4. The standard InChI is InChI=1S/C24BF20.C18H13Br3NO2/c26-5-1(6(27)14(35)21(42)13(5)34)25(2-7(28)15(36)22(43)16(37)8(2)29,3-9(30)17(38)23(44)18(39)10(3)31)4-11(32)19(40)24(45)20(41)12(4)33;19-18(20,21)24-17(23)16-15-9-5-4-8-14(15)10-11-22(16)12-13-6-2-1-3-7-13/h;1-11H,12H2/q-1;+1. The fourth-order valence-corrected chi connectivity index (χ4v) is 7.87. The van der Waals surface area contributed by atoms with E-state index in [2.05, 4.69) is 47.8 Å². The predicted octanol–water partition coefficient (Wildman–Crippen LogP) is 11.0. The van der Waals surface area contributed by atoms with Crippen LogP contribution >= 0.6 is 47.8 Å². The summed E-state index contributed by atoms with van der Waals surface area (Å²) in [5.74, 6) is -71.8. The van der Waals surface area contributed by atoms with Crippen LogP contribution in [0.2, 0.25) is 0 Å². The highest BCUT2D eigenvalue weighted by Gasteiger charge is 2.52. The molecule has 69 heavy (non-hydrogen) atoms. The Kier molecular flexibility index (Phi) is 15.0. The summed E-state index contributed by atoms with van der Waals surface area (Å²) in [6, 6.07) is 19.7. The maximum Gasteiger partial charge on any atom is 0.407 e. The van der Waals surface area contributed by atoms with Crippen molar-refractivity contribution in [1.82, 2.24) is 0 Å². The van der Waals surface area contributed by atoms with Crippen LogP contribution in [0.1, 0.15) is 16.1 Å². The van der Waals surface area contributed by atoms with Crippen molar-refractivity contribution in [2.75, 3.05) is 0 Å². The number of pyridine rings is 1. The number of fused-ring (bicyclic) bond motifs is 1. The number of benzene rings is 6. The summed E-state index contributed by atoms with van der Waals surface area (Å²) in [5, 5.41) is 1.83. The second-order valence-electron chi connectivity index (χ2n) is 14.0. The molecule has 0 aliphatic carbocycles. The van der Waals surface area contributed by atoms with E-state index in [1.54, 1.807) is 0 Å². The summed E-state index contributed by atoms with van der Waals surface area (Å²) in [4.78, 5) is 12.8. The van der Waals surface area contributed by atoms with Gasteiger partial charge in [0.05, 0.1) is 5.39 Å². The Labute approximate surface area is 396 Å². The first-order valence-corrected chi connectivity index (χ1v) is 20.5. The van der Waals surface area contributed by atoms with Gasteiger partial charge >= 0.3 is 5.97 Å². The van der Waals surface area contributed by atoms with Gasteiger partial charge in [-0.15, -0.1) is 21.9 Å². The number of carbonyl (C=O) groups excluding carboxylic acids is 1. The summed E-state index contributed by atoms with van der Waals surface area (Å²) < 4.78 is 300. The van der Waals surface area contributed by atoms with Gasteiger partial charge in [0.25, 0.3) is 8.02 Å². The van der Waals surface area contributed by atoms with Gasteiger partial charge in [-0.2, -0.15) is 4.57 Å². The number of hydrogen-bond acceptors (Lipinski definition) is 2. The molecule has 362 valence electrons. The number of nitrogens with zero attached hydrogens (tertiary/aromatic N) is 1. The minimum atomic E-state index is -7.22. The number of ether oxygens (including phenoxy) is 1. The molecule has 0 saturated carbocycles. The molecule has 0 fully saturated rings. The van der Waals surface area contributed by atoms with Crippen molar-refractivity contribution < 1.29 is 102 Å². The van der Waals surface area contributed by atoms with Gasteiger partial charge < -0.3 is 4.74 Å². The maximum atomic E-state index is 15.4. The lowest BCUT2D eigenvalue weighted by atomic mass is 9.12. The van der Waals surface area contributed by atoms with E-state index in [-0.39, 0.29) is 0 Å². The smallest absolute Gasteiger partial charge is 0.407 e. The van der Waals surface area contributed by atoms with E-state index < -0.39 is 153 Å². The summed E-state index contributed by atoms with van der Waals surface area (Å²) in [6.07, 6.45) is -5.31. The Morgan fingerprint density at radius 2 is 0.710 bits per heavy atom. The second-order valence-corrected chi connectivity index (χ2v) is 20.5. The average Bonchev–Trinajstić information content (AvgIpc) is 3.31. The third-order valence-electron chi connectivity index (χ3n) is 10.2. The molecule has 0 aliphatic heterocycles. The van der Waals surface area contributed by atoms with Crippen LogP contribution in [0.4, 0.5) is 87.8 Å². The molecular weight excluding hydrogens is 1180 g/mol. The molecule has 0 aliphatic rings. The molecule has 27 heteroatoms. The van der Waals surface area contributed by atoms with Crippen molar-refractivity contribution in [2.45, 2.75) is 8.87 Å². The first-order chi connectivity index (χ1) is 32.1. The Morgan fingerprint density at radius 3 is 1.03 bits per heavy atom. The van der Waals surface area contributed by atoms with Gasteiger partial charge in [0.2, 0.25) is 0 Å². The molecule has 1 heterocycles. The molecule has 7 rings (SSSR count). The Bertz CT molecular complexity index is 2870. The van der Waals surface area contributed by atoms with Crippen molar-refractivity contribution in [3.8, 4) is 0 Å². The normalized spacial score (nSPS) is 11.8. The first kappa shape index (κ1) is 52.7. The fraction of sp³-hybridized carbons (Fsp3) is 0.0476. The molecule has 3 nitrogen and oxygen atoms in total. The number of esters is 1. The third-order valence-corrected chi connectivity index (χ3v) is 10.7. The van der Waals surface area contributed by atoms with Crippen LogP contribution in [0.15, 0.2) is 66.9 Å². The molecule has 0 unspecified atom stereocenters. The average molecular weight is 1190 g/mol. The highest BCUT2D eigenvalue weighted by Crippen LogP contribution is 2.36. The van der Waals surface area contributed by atoms with E-state index >= 15 is 35.1 Å². The van der Waals surface area contributed by atoms with E-state index in [9.17, 15) is 57.5 Å². The monoisotopic (exact) mass is 1190 g/mol. The number of alkyl halides is 3. The topological polar surface area (TPSA) is 30.2 Å². The quantitative estimate of drug-likeness (QED) is 0.0303. The summed E-state index contributed by atoms with van der Waals surface area (Å²) in [7, 11) is 0. The molecule has 0 amide bonds. The summed E-state index contributed by atoms with van der Waals surface area (Å²) >= 11 is 9.64. The van der Waals surface area contributed by atoms with Gasteiger partial charge in [-0.25, -0.2) is 92.6 Å². The lowest BCUT2D eigenvalue weighted by Gasteiger charge is -2.44. The van der Waals surface area contributed by atoms with E-state index in [0.29, 0.717) is 12.2 Å². The van der Waals surface area contributed by atoms with Crippen LogP contribution in [0, 0.1) is 116 Å². The van der Waals surface area contributed by atoms with Crippen LogP contribution in [0.25, 0.3) is 10.8 Å². The van der Waals surface area contributed by atoms with Crippen LogP contribution in [0.3, 0.4) is 0 Å². The second kappa shape index (κ2) is 19.6. The number of rotatable bonds is 7. The zero-order valence-electron chi connectivity index (χ0n) is 32.6. The number of carbonyl (C=O) groups is 1. The van der Waals surface area contributed by atoms with Crippen LogP contribution in [-0.2, 0) is 11.3 Å². The van der Waals surface area contributed by atoms with Crippen LogP contribution in [-0.4, -0.2) is 14.4 Å². The Balaban J connectivity index is 0.000000273. The zero-order valence-corrected chi connectivity index (χ0v) is 37.4. The number of halogens is 23. The molecule has 7 aromatic rings. The fourth-order valence-electron chi connectivity index (χ4n) is 7.42. The van der Waals surface area contributed by atoms with E-state index in [1.807, 2.05) is 71.4 Å². The van der Waals surface area contributed by atoms with Gasteiger partial charge in [-0.05, 0) is 59.2 Å². The van der Waals surface area contributed by atoms with Gasteiger partial charge in [0.1, 0.15) is 52.7 Å². The van der Waals surface area contributed by atoms with Gasteiger partial charge in [-0.3, -0.25) is 0 Å². The molecule has 1 aromatic heterocycles. The summed E-state index contributed by atoms with van der Waals surface area (Å²) in [5.41, 5.74) is -12.7. The van der Waals surface area contributed by atoms with Gasteiger partial charge in [-0.1, -0.05) is 48.5 Å². The molecule has 0 N–H and O–H groups in total. The number of aromatic nitrogens is 1. The third kappa shape index (κ3) is 8.93. The van der Waals surface area contributed by atoms with E-state index in [4.69, 9.17) is 4.74 Å². The largest absolute Gasteiger partial charge is 0.419 e. The minimum Gasteiger partial charge on any atom is -0.419 e. The highest BCUT2D eigenvalue weighted by atomic mass is 80.0.